The fourth-order valence-electron chi connectivity index (χ4n) is 2.69. The second-order valence-electron chi connectivity index (χ2n) is 6.86. The summed E-state index contributed by atoms with van der Waals surface area (Å²) in [6.07, 6.45) is 10.2. The second-order valence-corrected chi connectivity index (χ2v) is 6.86. The third-order valence-corrected chi connectivity index (χ3v) is 4.39. The molecule has 1 unspecified atom stereocenters. The molecule has 0 radical (unpaired) electrons. The summed E-state index contributed by atoms with van der Waals surface area (Å²) in [5.74, 6) is 0.792. The minimum absolute atomic E-state index is 0.00704. The smallest absolute Gasteiger partial charge is 0.243 e. The van der Waals surface area contributed by atoms with E-state index in [1.54, 1.807) is 19.0 Å². The molecule has 1 amide bonds. The number of aliphatic imine (C=N–C) groups is 1. The average molecular weight is 353 g/mol. The molecule has 1 atom stereocenters. The van der Waals surface area contributed by atoms with Gasteiger partial charge in [-0.3, -0.25) is 4.79 Å². The molecule has 0 spiro atoms. The fraction of sp³-hybridized carbons (Fsp3) is 0.789. The van der Waals surface area contributed by atoms with Crippen LogP contribution in [0.1, 0.15) is 44.9 Å². The number of likely N-dealkylation sites (N-methyl/N-ethyl adjacent to an activating group) is 1. The first kappa shape index (κ1) is 21.5. The van der Waals surface area contributed by atoms with Crippen LogP contribution in [0.4, 0.5) is 0 Å². The molecule has 0 aromatic carbocycles. The zero-order valence-electron chi connectivity index (χ0n) is 16.3. The van der Waals surface area contributed by atoms with Crippen molar-refractivity contribution >= 4 is 11.9 Å². The van der Waals surface area contributed by atoms with Gasteiger partial charge in [0.1, 0.15) is 6.54 Å². The second kappa shape index (κ2) is 12.8. The van der Waals surface area contributed by atoms with Crippen LogP contribution in [0.15, 0.2) is 17.6 Å². The van der Waals surface area contributed by atoms with E-state index < -0.39 is 0 Å². The topological polar surface area (TPSA) is 57.2 Å². The van der Waals surface area contributed by atoms with Gasteiger partial charge in [0.25, 0.3) is 0 Å². The van der Waals surface area contributed by atoms with Crippen molar-refractivity contribution in [2.75, 3.05) is 47.4 Å². The molecule has 1 heterocycles. The van der Waals surface area contributed by atoms with Crippen molar-refractivity contribution in [3.63, 3.8) is 0 Å². The normalized spacial score (nSPS) is 17.9. The molecule has 1 aliphatic heterocycles. The Labute approximate surface area is 153 Å². The van der Waals surface area contributed by atoms with E-state index in [4.69, 9.17) is 4.74 Å². The lowest BCUT2D eigenvalue weighted by molar-refractivity contribution is -0.127. The van der Waals surface area contributed by atoms with Crippen molar-refractivity contribution in [3.05, 3.63) is 12.7 Å². The molecule has 1 fully saturated rings. The number of hydrogen-bond acceptors (Lipinski definition) is 3. The largest absolute Gasteiger partial charge is 0.376 e. The number of hydrogen-bond donors (Lipinski definition) is 1. The Hall–Kier alpha value is -1.56. The van der Waals surface area contributed by atoms with Crippen molar-refractivity contribution in [2.24, 2.45) is 4.99 Å². The van der Waals surface area contributed by atoms with Gasteiger partial charge in [0.05, 0.1) is 6.10 Å². The van der Waals surface area contributed by atoms with E-state index in [9.17, 15) is 4.79 Å². The van der Waals surface area contributed by atoms with Gasteiger partial charge in [-0.05, 0) is 38.5 Å². The van der Waals surface area contributed by atoms with Crippen LogP contribution in [-0.2, 0) is 9.53 Å². The first-order valence-corrected chi connectivity index (χ1v) is 9.46. The molecule has 0 saturated carbocycles. The summed E-state index contributed by atoms with van der Waals surface area (Å²) in [6, 6.07) is 0. The zero-order chi connectivity index (χ0) is 18.5. The summed E-state index contributed by atoms with van der Waals surface area (Å²) in [5, 5.41) is 3.40. The van der Waals surface area contributed by atoms with Gasteiger partial charge < -0.3 is 19.9 Å². The van der Waals surface area contributed by atoms with Crippen LogP contribution in [0.2, 0.25) is 0 Å². The van der Waals surface area contributed by atoms with Gasteiger partial charge in [-0.25, -0.2) is 4.99 Å². The van der Waals surface area contributed by atoms with Crippen LogP contribution in [0.3, 0.4) is 0 Å². The molecule has 0 aromatic heterocycles. The maximum absolute atomic E-state index is 11.8. The summed E-state index contributed by atoms with van der Waals surface area (Å²) < 4.78 is 5.78. The average Bonchev–Trinajstić information content (AvgIpc) is 2.61. The van der Waals surface area contributed by atoms with E-state index in [0.717, 1.165) is 51.3 Å². The van der Waals surface area contributed by atoms with E-state index in [1.165, 1.54) is 19.3 Å². The van der Waals surface area contributed by atoms with Crippen LogP contribution < -0.4 is 5.32 Å². The van der Waals surface area contributed by atoms with Crippen molar-refractivity contribution in [3.8, 4) is 0 Å². The molecule has 0 aliphatic carbocycles. The van der Waals surface area contributed by atoms with Crippen LogP contribution in [0.5, 0.6) is 0 Å². The van der Waals surface area contributed by atoms with E-state index >= 15 is 0 Å². The Bertz CT molecular complexity index is 418. The molecule has 1 rings (SSSR count). The number of ether oxygens (including phenoxy) is 1. The number of guanidine groups is 1. The van der Waals surface area contributed by atoms with E-state index in [2.05, 4.69) is 21.8 Å². The predicted octanol–water partition coefficient (Wildman–Crippen LogP) is 2.27. The molecule has 0 aromatic rings. The summed E-state index contributed by atoms with van der Waals surface area (Å²) in [6.45, 7) is 6.44. The highest BCUT2D eigenvalue weighted by Gasteiger charge is 2.16. The third kappa shape index (κ3) is 9.48. The van der Waals surface area contributed by atoms with Crippen molar-refractivity contribution in [2.45, 2.75) is 51.0 Å². The van der Waals surface area contributed by atoms with Crippen LogP contribution in [0.25, 0.3) is 0 Å². The van der Waals surface area contributed by atoms with E-state index in [-0.39, 0.29) is 18.6 Å². The zero-order valence-corrected chi connectivity index (χ0v) is 16.3. The van der Waals surface area contributed by atoms with Crippen molar-refractivity contribution in [1.82, 2.24) is 15.1 Å². The lowest BCUT2D eigenvalue weighted by atomic mass is 10.1. The first-order valence-electron chi connectivity index (χ1n) is 9.46. The van der Waals surface area contributed by atoms with Gasteiger partial charge in [-0.15, -0.1) is 6.58 Å². The van der Waals surface area contributed by atoms with Gasteiger partial charge in [-0.1, -0.05) is 12.5 Å². The van der Waals surface area contributed by atoms with Crippen LogP contribution in [-0.4, -0.2) is 75.2 Å². The Morgan fingerprint density at radius 3 is 2.72 bits per heavy atom. The first-order chi connectivity index (χ1) is 12.0. The molecule has 1 N–H and O–H groups in total. The molecule has 25 heavy (non-hydrogen) atoms. The molecular formula is C19H36N4O2. The minimum Gasteiger partial charge on any atom is -0.376 e. The third-order valence-electron chi connectivity index (χ3n) is 4.39. The van der Waals surface area contributed by atoms with Crippen molar-refractivity contribution in [1.29, 1.82) is 0 Å². The number of nitrogens with zero attached hydrogens (tertiary/aromatic N) is 3. The molecule has 144 valence electrons. The minimum atomic E-state index is 0.00704. The highest BCUT2D eigenvalue weighted by Crippen LogP contribution is 2.11. The molecule has 0 bridgehead atoms. The number of nitrogens with one attached hydrogen (secondary N) is 1. The maximum Gasteiger partial charge on any atom is 0.243 e. The van der Waals surface area contributed by atoms with Gasteiger partial charge in [0, 0.05) is 40.8 Å². The Morgan fingerprint density at radius 1 is 1.28 bits per heavy atom. The summed E-state index contributed by atoms with van der Waals surface area (Å²) in [4.78, 5) is 20.0. The summed E-state index contributed by atoms with van der Waals surface area (Å²) in [7, 11) is 5.54. The lowest BCUT2D eigenvalue weighted by Gasteiger charge is -2.27. The monoisotopic (exact) mass is 352 g/mol. The number of allylic oxidation sites excluding steroid dienone is 1. The number of rotatable bonds is 10. The molecule has 1 aliphatic rings. The quantitative estimate of drug-likeness (QED) is 0.284. The lowest BCUT2D eigenvalue weighted by Crippen LogP contribution is -2.44. The highest BCUT2D eigenvalue weighted by atomic mass is 16.5. The Morgan fingerprint density at radius 2 is 2.08 bits per heavy atom. The molecular weight excluding hydrogens is 316 g/mol. The fourth-order valence-corrected chi connectivity index (χ4v) is 2.69. The highest BCUT2D eigenvalue weighted by molar-refractivity contribution is 5.84. The van der Waals surface area contributed by atoms with Crippen molar-refractivity contribution < 1.29 is 9.53 Å². The van der Waals surface area contributed by atoms with Gasteiger partial charge in [0.15, 0.2) is 5.96 Å². The Kier molecular flexibility index (Phi) is 11.0. The summed E-state index contributed by atoms with van der Waals surface area (Å²) in [5.41, 5.74) is 0. The molecule has 6 nitrogen and oxygen atoms in total. The molecule has 6 heteroatoms. The van der Waals surface area contributed by atoms with E-state index in [0.29, 0.717) is 0 Å². The van der Waals surface area contributed by atoms with E-state index in [1.807, 2.05) is 13.1 Å². The summed E-state index contributed by atoms with van der Waals surface area (Å²) >= 11 is 0. The number of unbranched alkanes of at least 4 members (excludes halogenated alkanes) is 3. The SMILES string of the molecule is C=CCCCCCN(C)C(=NCC(=O)N(C)C)NCC1CCCCO1. The predicted molar refractivity (Wildman–Crippen MR) is 104 cm³/mol. The van der Waals surface area contributed by atoms with Crippen LogP contribution in [0, 0.1) is 0 Å². The molecule has 1 saturated heterocycles. The van der Waals surface area contributed by atoms with Gasteiger partial charge >= 0.3 is 0 Å². The van der Waals surface area contributed by atoms with Gasteiger partial charge in [-0.2, -0.15) is 0 Å². The number of carbonyl (C=O) groups excluding carboxylic acids is 1. The number of carbonyl (C=O) groups is 1. The Balaban J connectivity index is 2.51. The number of amides is 1. The van der Waals surface area contributed by atoms with Gasteiger partial charge in [0.2, 0.25) is 5.91 Å². The van der Waals surface area contributed by atoms with Crippen LogP contribution >= 0.6 is 0 Å². The maximum atomic E-state index is 11.8. The standard InChI is InChI=1S/C19H36N4O2/c1-5-6-7-8-10-13-23(4)19(21-16-18(24)22(2)3)20-15-17-12-9-11-14-25-17/h5,17H,1,6-16H2,2-4H3,(H,20,21).